The second-order valence-electron chi connectivity index (χ2n) is 5.65. The van der Waals surface area contributed by atoms with Crippen molar-refractivity contribution >= 4 is 0 Å². The SMILES string of the molecule is CC(C)(C)c1noc(OCCO[C@H]2CCCCO2)n1. The molecule has 2 rings (SSSR count). The molecule has 1 aromatic heterocycles. The van der Waals surface area contributed by atoms with Gasteiger partial charge in [0.05, 0.1) is 6.61 Å². The fourth-order valence-electron chi connectivity index (χ4n) is 1.72. The lowest BCUT2D eigenvalue weighted by Gasteiger charge is -2.22. The summed E-state index contributed by atoms with van der Waals surface area (Å²) in [4.78, 5) is 4.18. The first-order valence-electron chi connectivity index (χ1n) is 6.76. The summed E-state index contributed by atoms with van der Waals surface area (Å²) in [6.07, 6.45) is 3.33. The summed E-state index contributed by atoms with van der Waals surface area (Å²) >= 11 is 0. The molecule has 0 bridgehead atoms. The molecule has 1 aromatic rings. The van der Waals surface area contributed by atoms with Crippen molar-refractivity contribution in [3.05, 3.63) is 5.82 Å². The zero-order chi connectivity index (χ0) is 13.7. The van der Waals surface area contributed by atoms with Crippen LogP contribution in [0.3, 0.4) is 0 Å². The smallest absolute Gasteiger partial charge is 0.417 e. The lowest BCUT2D eigenvalue weighted by atomic mass is 9.96. The van der Waals surface area contributed by atoms with Crippen molar-refractivity contribution in [1.82, 2.24) is 10.1 Å². The summed E-state index contributed by atoms with van der Waals surface area (Å²) in [6, 6.07) is 0. The van der Waals surface area contributed by atoms with Crippen LogP contribution in [0.2, 0.25) is 0 Å². The van der Waals surface area contributed by atoms with Crippen molar-refractivity contribution in [2.45, 2.75) is 51.7 Å². The molecule has 0 saturated carbocycles. The third-order valence-corrected chi connectivity index (χ3v) is 2.83. The summed E-state index contributed by atoms with van der Waals surface area (Å²) in [5.74, 6) is 0.638. The fraction of sp³-hybridized carbons (Fsp3) is 0.846. The van der Waals surface area contributed by atoms with E-state index in [2.05, 4.69) is 10.1 Å². The topological polar surface area (TPSA) is 66.6 Å². The van der Waals surface area contributed by atoms with Crippen molar-refractivity contribution < 1.29 is 18.7 Å². The standard InChI is InChI=1S/C13H22N2O4/c1-13(2,3)11-14-12(19-15-11)18-9-8-17-10-6-4-5-7-16-10/h10H,4-9H2,1-3H3/t10-/m0/s1. The van der Waals surface area contributed by atoms with Crippen LogP contribution in [0.15, 0.2) is 4.52 Å². The van der Waals surface area contributed by atoms with Gasteiger partial charge in [-0.25, -0.2) is 0 Å². The predicted molar refractivity (Wildman–Crippen MR) is 68.0 cm³/mol. The molecule has 0 unspecified atom stereocenters. The second-order valence-corrected chi connectivity index (χ2v) is 5.65. The monoisotopic (exact) mass is 270 g/mol. The van der Waals surface area contributed by atoms with Crippen LogP contribution in [-0.2, 0) is 14.9 Å². The largest absolute Gasteiger partial charge is 0.446 e. The van der Waals surface area contributed by atoms with E-state index in [9.17, 15) is 0 Å². The molecule has 0 aliphatic carbocycles. The van der Waals surface area contributed by atoms with Gasteiger partial charge in [-0.1, -0.05) is 25.9 Å². The van der Waals surface area contributed by atoms with Gasteiger partial charge in [-0.3, -0.25) is 4.52 Å². The minimum atomic E-state index is -0.141. The summed E-state index contributed by atoms with van der Waals surface area (Å²) in [5, 5.41) is 3.88. The van der Waals surface area contributed by atoms with Gasteiger partial charge < -0.3 is 14.2 Å². The van der Waals surface area contributed by atoms with Crippen molar-refractivity contribution in [2.75, 3.05) is 19.8 Å². The average molecular weight is 270 g/mol. The Kier molecular flexibility index (Phi) is 4.76. The van der Waals surface area contributed by atoms with Crippen LogP contribution in [-0.4, -0.2) is 36.3 Å². The van der Waals surface area contributed by atoms with E-state index in [4.69, 9.17) is 18.7 Å². The van der Waals surface area contributed by atoms with E-state index in [1.54, 1.807) is 0 Å². The number of rotatable bonds is 5. The lowest BCUT2D eigenvalue weighted by molar-refractivity contribution is -0.166. The van der Waals surface area contributed by atoms with Gasteiger partial charge in [-0.15, -0.1) is 0 Å². The third kappa shape index (κ3) is 4.47. The molecule has 0 spiro atoms. The molecule has 1 aliphatic rings. The summed E-state index contributed by atoms with van der Waals surface area (Å²) in [7, 11) is 0. The lowest BCUT2D eigenvalue weighted by Crippen LogP contribution is -2.24. The maximum Gasteiger partial charge on any atom is 0.417 e. The van der Waals surface area contributed by atoms with E-state index >= 15 is 0 Å². The van der Waals surface area contributed by atoms with Gasteiger partial charge in [0.1, 0.15) is 6.61 Å². The second kappa shape index (κ2) is 6.34. The molecule has 2 heterocycles. The molecule has 19 heavy (non-hydrogen) atoms. The van der Waals surface area contributed by atoms with Crippen LogP contribution in [0, 0.1) is 0 Å². The van der Waals surface area contributed by atoms with E-state index in [1.807, 2.05) is 20.8 Å². The van der Waals surface area contributed by atoms with Crippen LogP contribution in [0.4, 0.5) is 0 Å². The van der Waals surface area contributed by atoms with Crippen LogP contribution < -0.4 is 4.74 Å². The highest BCUT2D eigenvalue weighted by atomic mass is 16.7. The summed E-state index contributed by atoms with van der Waals surface area (Å²) < 4.78 is 21.4. The molecule has 1 fully saturated rings. The van der Waals surface area contributed by atoms with Gasteiger partial charge in [-0.05, 0) is 19.3 Å². The van der Waals surface area contributed by atoms with Gasteiger partial charge in [0, 0.05) is 12.0 Å². The molecule has 0 N–H and O–H groups in total. The molecular formula is C13H22N2O4. The molecule has 1 atom stereocenters. The molecule has 108 valence electrons. The number of nitrogens with zero attached hydrogens (tertiary/aromatic N) is 2. The van der Waals surface area contributed by atoms with Crippen molar-refractivity contribution in [3.8, 4) is 6.08 Å². The molecule has 0 aromatic carbocycles. The van der Waals surface area contributed by atoms with E-state index in [1.165, 1.54) is 0 Å². The van der Waals surface area contributed by atoms with Gasteiger partial charge in [-0.2, -0.15) is 4.98 Å². The first-order chi connectivity index (χ1) is 9.05. The summed E-state index contributed by atoms with van der Waals surface area (Å²) in [6.45, 7) is 7.68. The highest BCUT2D eigenvalue weighted by molar-refractivity contribution is 5.01. The minimum absolute atomic E-state index is 0.0924. The Hall–Kier alpha value is -1.14. The molecule has 6 heteroatoms. The van der Waals surface area contributed by atoms with Crippen LogP contribution in [0.1, 0.15) is 45.9 Å². The minimum Gasteiger partial charge on any atom is -0.446 e. The molecule has 1 saturated heterocycles. The molecule has 6 nitrogen and oxygen atoms in total. The number of hydrogen-bond donors (Lipinski definition) is 0. The highest BCUT2D eigenvalue weighted by Crippen LogP contribution is 2.20. The van der Waals surface area contributed by atoms with Crippen molar-refractivity contribution in [3.63, 3.8) is 0 Å². The van der Waals surface area contributed by atoms with E-state index in [0.717, 1.165) is 25.9 Å². The zero-order valence-corrected chi connectivity index (χ0v) is 11.8. The normalized spacial score (nSPS) is 20.5. The van der Waals surface area contributed by atoms with Crippen molar-refractivity contribution in [1.29, 1.82) is 0 Å². The Labute approximate surface area is 113 Å². The quantitative estimate of drug-likeness (QED) is 0.765. The van der Waals surface area contributed by atoms with Crippen LogP contribution in [0.5, 0.6) is 6.08 Å². The molecular weight excluding hydrogens is 248 g/mol. The Balaban J connectivity index is 1.66. The van der Waals surface area contributed by atoms with Crippen LogP contribution >= 0.6 is 0 Å². The fourth-order valence-corrected chi connectivity index (χ4v) is 1.72. The van der Waals surface area contributed by atoms with Gasteiger partial charge in [0.2, 0.25) is 0 Å². The van der Waals surface area contributed by atoms with Crippen molar-refractivity contribution in [2.24, 2.45) is 0 Å². The Morgan fingerprint density at radius 2 is 2.11 bits per heavy atom. The van der Waals surface area contributed by atoms with Crippen LogP contribution in [0.25, 0.3) is 0 Å². The maximum atomic E-state index is 5.54. The highest BCUT2D eigenvalue weighted by Gasteiger charge is 2.21. The molecule has 0 radical (unpaired) electrons. The number of hydrogen-bond acceptors (Lipinski definition) is 6. The predicted octanol–water partition coefficient (Wildman–Crippen LogP) is 2.29. The Morgan fingerprint density at radius 1 is 1.26 bits per heavy atom. The Morgan fingerprint density at radius 3 is 2.74 bits per heavy atom. The van der Waals surface area contributed by atoms with E-state index in [0.29, 0.717) is 19.0 Å². The first-order valence-corrected chi connectivity index (χ1v) is 6.76. The summed E-state index contributed by atoms with van der Waals surface area (Å²) in [5.41, 5.74) is -0.141. The van der Waals surface area contributed by atoms with Gasteiger partial charge in [0.15, 0.2) is 12.1 Å². The maximum absolute atomic E-state index is 5.54. The van der Waals surface area contributed by atoms with Gasteiger partial charge >= 0.3 is 6.08 Å². The third-order valence-electron chi connectivity index (χ3n) is 2.83. The zero-order valence-electron chi connectivity index (χ0n) is 11.8. The number of ether oxygens (including phenoxy) is 3. The molecule has 1 aliphatic heterocycles. The number of aromatic nitrogens is 2. The van der Waals surface area contributed by atoms with E-state index < -0.39 is 0 Å². The Bertz CT molecular complexity index is 380. The van der Waals surface area contributed by atoms with Gasteiger partial charge in [0.25, 0.3) is 0 Å². The first kappa shape index (κ1) is 14.3. The average Bonchev–Trinajstić information content (AvgIpc) is 2.85. The van der Waals surface area contributed by atoms with E-state index in [-0.39, 0.29) is 17.8 Å². The molecule has 0 amide bonds.